The number of amides is 2. The number of nitrogens with one attached hydrogen (secondary N) is 1. The summed E-state index contributed by atoms with van der Waals surface area (Å²) in [4.78, 5) is 26.7. The lowest BCUT2D eigenvalue weighted by molar-refractivity contribution is -0.117. The number of nitrogens with two attached hydrogens (primary N) is 1. The molecule has 1 saturated carbocycles. The van der Waals surface area contributed by atoms with Crippen LogP contribution in [0.5, 0.6) is 0 Å². The highest BCUT2D eigenvalue weighted by atomic mass is 16.2. The van der Waals surface area contributed by atoms with Gasteiger partial charge < -0.3 is 11.1 Å². The third kappa shape index (κ3) is 5.02. The zero-order valence-electron chi connectivity index (χ0n) is 20.2. The fourth-order valence-corrected chi connectivity index (χ4v) is 4.91. The highest BCUT2D eigenvalue weighted by Crippen LogP contribution is 2.36. The Balaban J connectivity index is 1.28. The summed E-state index contributed by atoms with van der Waals surface area (Å²) in [7, 11) is 0. The number of hydrogen-bond donors (Lipinski definition) is 2. The summed E-state index contributed by atoms with van der Waals surface area (Å²) in [6.45, 7) is 2.40. The number of carbonyl (C=O) groups is 2. The molecule has 36 heavy (non-hydrogen) atoms. The maximum absolute atomic E-state index is 12.3. The van der Waals surface area contributed by atoms with Gasteiger partial charge in [0.25, 0.3) is 5.91 Å². The van der Waals surface area contributed by atoms with Crippen molar-refractivity contribution >= 4 is 17.6 Å². The maximum Gasteiger partial charge on any atom is 0.254 e. The molecule has 1 aliphatic heterocycles. The summed E-state index contributed by atoms with van der Waals surface area (Å²) in [5, 5.41) is 16.9. The van der Waals surface area contributed by atoms with E-state index < -0.39 is 11.4 Å². The molecule has 2 heterocycles. The third-order valence-electron chi connectivity index (χ3n) is 7.32. The lowest BCUT2D eigenvalue weighted by atomic mass is 9.84. The fourth-order valence-electron chi connectivity index (χ4n) is 4.91. The average Bonchev–Trinajstić information content (AvgIpc) is 3.66. The van der Waals surface area contributed by atoms with E-state index in [0.717, 1.165) is 32.5 Å². The second kappa shape index (κ2) is 9.96. The molecule has 3 aromatic rings. The molecule has 0 radical (unpaired) electrons. The van der Waals surface area contributed by atoms with Gasteiger partial charge in [-0.1, -0.05) is 54.6 Å². The molecular weight excluding hydrogens is 452 g/mol. The van der Waals surface area contributed by atoms with Crippen molar-refractivity contribution < 1.29 is 9.59 Å². The van der Waals surface area contributed by atoms with E-state index in [4.69, 9.17) is 5.73 Å². The number of hydrogen-bond acceptors (Lipinski definition) is 5. The van der Waals surface area contributed by atoms with Gasteiger partial charge >= 0.3 is 0 Å². The Labute approximate surface area is 210 Å². The van der Waals surface area contributed by atoms with E-state index in [0.29, 0.717) is 12.8 Å². The number of anilines is 1. The summed E-state index contributed by atoms with van der Waals surface area (Å²) < 4.78 is 1.70. The number of piperidine rings is 1. The lowest BCUT2D eigenvalue weighted by Gasteiger charge is -2.40. The molecule has 0 bridgehead atoms. The molecule has 2 aliphatic rings. The van der Waals surface area contributed by atoms with Crippen LogP contribution in [0.3, 0.4) is 0 Å². The predicted molar refractivity (Wildman–Crippen MR) is 137 cm³/mol. The van der Waals surface area contributed by atoms with Gasteiger partial charge in [-0.3, -0.25) is 19.2 Å². The Hall–Kier alpha value is -3.96. The second-order valence-electron chi connectivity index (χ2n) is 9.86. The van der Waals surface area contributed by atoms with Gasteiger partial charge in [-0.25, -0.2) is 0 Å². The Morgan fingerprint density at radius 1 is 1.06 bits per heavy atom. The summed E-state index contributed by atoms with van der Waals surface area (Å²) in [6.07, 6.45) is 4.98. The zero-order valence-corrected chi connectivity index (χ0v) is 20.2. The molecule has 1 aromatic heterocycles. The van der Waals surface area contributed by atoms with Crippen molar-refractivity contribution in [3.05, 3.63) is 71.9 Å². The molecule has 1 aliphatic carbocycles. The van der Waals surface area contributed by atoms with Crippen LogP contribution in [0.2, 0.25) is 0 Å². The lowest BCUT2D eigenvalue weighted by Crippen LogP contribution is -2.46. The first-order valence-electron chi connectivity index (χ1n) is 12.4. The van der Waals surface area contributed by atoms with Gasteiger partial charge in [-0.05, 0) is 42.4 Å². The smallest absolute Gasteiger partial charge is 0.254 e. The Kier molecular flexibility index (Phi) is 6.57. The van der Waals surface area contributed by atoms with Crippen molar-refractivity contribution in [2.24, 2.45) is 11.7 Å². The van der Waals surface area contributed by atoms with Crippen molar-refractivity contribution in [1.29, 1.82) is 5.26 Å². The molecule has 8 heteroatoms. The molecule has 0 unspecified atom stereocenters. The molecule has 0 atom stereocenters. The Bertz CT molecular complexity index is 1280. The van der Waals surface area contributed by atoms with Gasteiger partial charge in [0, 0.05) is 31.7 Å². The first kappa shape index (κ1) is 23.8. The van der Waals surface area contributed by atoms with Crippen LogP contribution in [0.25, 0.3) is 11.1 Å². The molecule has 0 spiro atoms. The molecular formula is C28H30N6O2. The summed E-state index contributed by atoms with van der Waals surface area (Å²) >= 11 is 0. The van der Waals surface area contributed by atoms with Crippen molar-refractivity contribution in [3.8, 4) is 17.2 Å². The Morgan fingerprint density at radius 2 is 1.72 bits per heavy atom. The van der Waals surface area contributed by atoms with Crippen LogP contribution >= 0.6 is 0 Å². The van der Waals surface area contributed by atoms with E-state index in [1.165, 1.54) is 16.7 Å². The normalized spacial score (nSPS) is 17.3. The third-order valence-corrected chi connectivity index (χ3v) is 7.32. The first-order valence-corrected chi connectivity index (χ1v) is 12.4. The van der Waals surface area contributed by atoms with E-state index >= 15 is 0 Å². The largest absolute Gasteiger partial charge is 0.365 e. The SMILES string of the molecule is N#CCC1(n2cc(C(N)=O)c(NC(=O)C3CC3)n2)CCN(Cc2ccc(-c3ccccc3)cc2)CC1. The van der Waals surface area contributed by atoms with Crippen LogP contribution in [0, 0.1) is 17.2 Å². The minimum atomic E-state index is -0.643. The number of primary amides is 1. The van der Waals surface area contributed by atoms with E-state index in [2.05, 4.69) is 57.8 Å². The van der Waals surface area contributed by atoms with Gasteiger partial charge in [0.2, 0.25) is 5.91 Å². The number of nitrogens with zero attached hydrogens (tertiary/aromatic N) is 4. The van der Waals surface area contributed by atoms with Crippen LogP contribution in [0.15, 0.2) is 60.8 Å². The van der Waals surface area contributed by atoms with Crippen LogP contribution in [-0.2, 0) is 16.9 Å². The van der Waals surface area contributed by atoms with E-state index in [9.17, 15) is 14.9 Å². The van der Waals surface area contributed by atoms with Crippen molar-refractivity contribution in [2.45, 2.75) is 44.2 Å². The van der Waals surface area contributed by atoms with Gasteiger partial charge in [0.15, 0.2) is 5.82 Å². The fraction of sp³-hybridized carbons (Fsp3) is 0.357. The standard InChI is InChI=1S/C28H30N6O2/c29-15-12-28(34-19-24(25(30)35)26(32-34)31-27(36)23-10-11-23)13-16-33(17-14-28)18-20-6-8-22(9-7-20)21-4-2-1-3-5-21/h1-9,19,23H,10-14,16-18H2,(H2,30,35)(H,31,32,36). The molecule has 2 fully saturated rings. The molecule has 5 rings (SSSR count). The van der Waals surface area contributed by atoms with Gasteiger partial charge in [0.05, 0.1) is 18.0 Å². The van der Waals surface area contributed by atoms with Crippen LogP contribution < -0.4 is 11.1 Å². The molecule has 2 amide bonds. The summed E-state index contributed by atoms with van der Waals surface area (Å²) in [5.41, 5.74) is 8.85. The van der Waals surface area contributed by atoms with Crippen molar-refractivity contribution in [1.82, 2.24) is 14.7 Å². The summed E-state index contributed by atoms with van der Waals surface area (Å²) in [6, 6.07) is 21.3. The number of carbonyl (C=O) groups excluding carboxylic acids is 2. The maximum atomic E-state index is 12.3. The minimum absolute atomic E-state index is 0.0195. The minimum Gasteiger partial charge on any atom is -0.365 e. The molecule has 3 N–H and O–H groups in total. The van der Waals surface area contributed by atoms with Gasteiger partial charge in [-0.2, -0.15) is 10.4 Å². The van der Waals surface area contributed by atoms with Crippen molar-refractivity contribution in [3.63, 3.8) is 0 Å². The summed E-state index contributed by atoms with van der Waals surface area (Å²) in [5.74, 6) is -0.604. The second-order valence-corrected chi connectivity index (χ2v) is 9.86. The predicted octanol–water partition coefficient (Wildman–Crippen LogP) is 3.90. The number of rotatable bonds is 8. The molecule has 2 aromatic carbocycles. The number of nitriles is 1. The molecule has 8 nitrogen and oxygen atoms in total. The molecule has 184 valence electrons. The average molecular weight is 483 g/mol. The highest BCUT2D eigenvalue weighted by Gasteiger charge is 2.39. The number of likely N-dealkylation sites (tertiary alicyclic amines) is 1. The quantitative estimate of drug-likeness (QED) is 0.505. The monoisotopic (exact) mass is 482 g/mol. The van der Waals surface area contributed by atoms with Gasteiger partial charge in [0.1, 0.15) is 5.56 Å². The highest BCUT2D eigenvalue weighted by molar-refractivity contribution is 6.02. The topological polar surface area (TPSA) is 117 Å². The zero-order chi connectivity index (χ0) is 25.1. The number of aromatic nitrogens is 2. The van der Waals surface area contributed by atoms with Crippen LogP contribution in [-0.4, -0.2) is 39.6 Å². The van der Waals surface area contributed by atoms with Crippen molar-refractivity contribution in [2.75, 3.05) is 18.4 Å². The van der Waals surface area contributed by atoms with Crippen LogP contribution in [0.1, 0.15) is 48.0 Å². The van der Waals surface area contributed by atoms with Gasteiger partial charge in [-0.15, -0.1) is 0 Å². The molecule has 1 saturated heterocycles. The Morgan fingerprint density at radius 3 is 2.33 bits per heavy atom. The van der Waals surface area contributed by atoms with E-state index in [1.807, 2.05) is 18.2 Å². The first-order chi connectivity index (χ1) is 17.5. The number of benzene rings is 2. The van der Waals surface area contributed by atoms with E-state index in [1.54, 1.807) is 10.9 Å². The van der Waals surface area contributed by atoms with Crippen LogP contribution in [0.4, 0.5) is 5.82 Å². The van der Waals surface area contributed by atoms with E-state index in [-0.39, 0.29) is 29.6 Å².